The van der Waals surface area contributed by atoms with Gasteiger partial charge in [-0.3, -0.25) is 9.59 Å². The highest BCUT2D eigenvalue weighted by atomic mass is 32.1. The van der Waals surface area contributed by atoms with Crippen LogP contribution in [0.1, 0.15) is 273 Å². The number of rotatable bonds is 48. The quantitative estimate of drug-likeness (QED) is 0.0168. The molecule has 0 bridgehead atoms. The first-order valence-electron chi connectivity index (χ1n) is 45.9. The summed E-state index contributed by atoms with van der Waals surface area (Å²) in [4.78, 5) is 51.8. The van der Waals surface area contributed by atoms with Gasteiger partial charge in [0.15, 0.2) is 0 Å². The van der Waals surface area contributed by atoms with Gasteiger partial charge in [0, 0.05) is 76.2 Å². The van der Waals surface area contributed by atoms with Gasteiger partial charge in [-0.05, 0) is 192 Å². The number of nitriles is 1. The Balaban J connectivity index is 0.827. The molecule has 1 fully saturated rings. The average molecular weight is 1640 g/mol. The number of fused-ring (bicyclic) bond motifs is 4. The second kappa shape index (κ2) is 43.7. The number of carboxylic acids is 1. The van der Waals surface area contributed by atoms with E-state index in [4.69, 9.17) is 23.4 Å². The van der Waals surface area contributed by atoms with Crippen molar-refractivity contribution in [2.24, 2.45) is 11.8 Å². The number of carboxylic acid groups (broad SMARTS) is 1. The first-order valence-corrected chi connectivity index (χ1v) is 46.7. The Bertz CT molecular complexity index is 5010. The Morgan fingerprint density at radius 1 is 0.496 bits per heavy atom. The fourth-order valence-electron chi connectivity index (χ4n) is 17.9. The van der Waals surface area contributed by atoms with Crippen LogP contribution in [-0.2, 0) is 14.4 Å². The summed E-state index contributed by atoms with van der Waals surface area (Å²) in [5.74, 6) is 3.31. The molecule has 2 aromatic heterocycles. The summed E-state index contributed by atoms with van der Waals surface area (Å²) in [5, 5.41) is 19.0. The van der Waals surface area contributed by atoms with Gasteiger partial charge in [0.1, 0.15) is 46.2 Å². The van der Waals surface area contributed by atoms with Crippen molar-refractivity contribution >= 4 is 69.6 Å². The van der Waals surface area contributed by atoms with E-state index in [1.807, 2.05) is 34.1 Å². The summed E-state index contributed by atoms with van der Waals surface area (Å²) < 4.78 is 32.0. The number of amides is 2. The molecule has 0 saturated heterocycles. The number of nitrogens with zero attached hydrogens (tertiary/aromatic N) is 4. The van der Waals surface area contributed by atoms with Crippen LogP contribution in [0, 0.1) is 23.2 Å². The van der Waals surface area contributed by atoms with Crippen LogP contribution in [0.3, 0.4) is 0 Å². The molecule has 0 spiro atoms. The summed E-state index contributed by atoms with van der Waals surface area (Å²) in [6.07, 6.45) is 33.0. The minimum atomic E-state index is -1.33. The molecule has 5 heterocycles. The molecule has 4 atom stereocenters. The Morgan fingerprint density at radius 2 is 0.983 bits per heavy atom. The third-order valence-electron chi connectivity index (χ3n) is 24.9. The van der Waals surface area contributed by atoms with Gasteiger partial charge in [-0.15, -0.1) is 11.3 Å². The lowest BCUT2D eigenvalue weighted by Gasteiger charge is -2.29. The first kappa shape index (κ1) is 88.2. The molecular formula is C107H126N4O9S. The van der Waals surface area contributed by atoms with Crippen LogP contribution in [0.5, 0.6) is 23.0 Å². The molecule has 121 heavy (non-hydrogen) atoms. The lowest BCUT2D eigenvalue weighted by Crippen LogP contribution is -2.34. The van der Waals surface area contributed by atoms with Gasteiger partial charge in [-0.1, -0.05) is 268 Å². The van der Waals surface area contributed by atoms with E-state index in [9.17, 15) is 15.2 Å². The molecule has 1 saturated carbocycles. The van der Waals surface area contributed by atoms with Crippen molar-refractivity contribution in [3.05, 3.63) is 231 Å². The number of hydrogen-bond donors (Lipinski definition) is 1. The zero-order valence-corrected chi connectivity index (χ0v) is 73.8. The number of carbonyl (C=O) groups is 3. The number of anilines is 2. The van der Waals surface area contributed by atoms with Crippen molar-refractivity contribution in [1.82, 2.24) is 9.80 Å². The van der Waals surface area contributed by atoms with Crippen molar-refractivity contribution in [1.29, 1.82) is 5.26 Å². The molecule has 9 aromatic rings. The highest BCUT2D eigenvalue weighted by Gasteiger charge is 2.50. The van der Waals surface area contributed by atoms with E-state index in [1.165, 1.54) is 74.4 Å². The van der Waals surface area contributed by atoms with E-state index in [1.54, 1.807) is 29.5 Å². The summed E-state index contributed by atoms with van der Waals surface area (Å²) in [6.45, 7) is 21.5. The zero-order valence-electron chi connectivity index (χ0n) is 73.0. The molecule has 13 rings (SSSR count). The standard InChI is InChI=1S/C107H126N4O9S/c1-9-17-23-27-62-116-86-53-56-89(97(69-86)118-64-29-25-19-11-3)77-38-42-79(43-39-77)92(80-44-40-78(41-45-80)90-57-54-87(117-63-28-24-18-10-2)70-98(90)119-65-30-26-20-12-4)66-76-36-51-85(52-37-76)111-94-35-31-34-91(94)93-68-83(50-58-95(93)111)99-60-61-100(121-99)104-102-101(105(112)110(104)73-75(16-8)33-22-14-6)103(109(106(102)113)72-74(15-7)32-21-13-5)82-48-46-81(47-49-82)96-59-55-88(120-96)67-84(71-108)107(114)115/h36-61,66-70,74-75,91,94H,9-35,62-65,72-73H2,1-8H3,(H,114,115)/b84-67+. The minimum Gasteiger partial charge on any atom is -0.493 e. The van der Waals surface area contributed by atoms with E-state index in [-0.39, 0.29) is 29.4 Å². The molecule has 2 amide bonds. The summed E-state index contributed by atoms with van der Waals surface area (Å²) in [5.41, 5.74) is 16.9. The number of ether oxygens (including phenoxy) is 4. The fraction of sp³-hybridized carbons (Fsp3) is 0.421. The number of aliphatic carboxylic acids is 1. The Labute approximate surface area is 724 Å². The van der Waals surface area contributed by atoms with Crippen LogP contribution in [0.2, 0.25) is 0 Å². The fourth-order valence-corrected chi connectivity index (χ4v) is 19.0. The molecule has 1 N–H and O–H groups in total. The number of thiophene rings is 1. The Morgan fingerprint density at radius 3 is 1.50 bits per heavy atom. The number of unbranched alkanes of at least 4 members (excludes halogenated alkanes) is 14. The first-order chi connectivity index (χ1) is 59.3. The van der Waals surface area contributed by atoms with Crippen molar-refractivity contribution < 1.29 is 42.9 Å². The van der Waals surface area contributed by atoms with Crippen LogP contribution in [0.4, 0.5) is 11.4 Å². The molecule has 7 aromatic carbocycles. The number of carbonyl (C=O) groups excluding carboxylic acids is 2. The largest absolute Gasteiger partial charge is 0.493 e. The zero-order chi connectivity index (χ0) is 84.6. The van der Waals surface area contributed by atoms with Gasteiger partial charge < -0.3 is 43.2 Å². The SMILES string of the molecule is CCCCCCOc1ccc(-c2ccc(C(=Cc3ccc(N4c5ccc(-c6ccc(C7=C8C(=O)N(CC(CC)CCCC)C(c9ccc(-c%10ccc(/C=C(\C#N)C(=O)O)o%10)cc9)=C8C(=O)N7CC(CC)CCCC)s6)cc5C5CCCC54)cc3)c3ccc(-c4ccc(OCCCCCC)cc4OCCCCCC)cc3)cc2)c(OCCCCCC)c1. The Kier molecular flexibility index (Phi) is 31.9. The maximum Gasteiger partial charge on any atom is 0.346 e. The van der Waals surface area contributed by atoms with Gasteiger partial charge in [0.25, 0.3) is 11.8 Å². The highest BCUT2D eigenvalue weighted by molar-refractivity contribution is 7.16. The lowest BCUT2D eigenvalue weighted by molar-refractivity contribution is -0.132. The number of hydrogen-bond acceptors (Lipinski definition) is 11. The summed E-state index contributed by atoms with van der Waals surface area (Å²) >= 11 is 1.67. The highest BCUT2D eigenvalue weighted by Crippen LogP contribution is 2.55. The van der Waals surface area contributed by atoms with Gasteiger partial charge >= 0.3 is 5.97 Å². The van der Waals surface area contributed by atoms with Gasteiger partial charge in [0.05, 0.1) is 53.8 Å². The number of furan rings is 1. The van der Waals surface area contributed by atoms with Gasteiger partial charge in [-0.2, -0.15) is 5.26 Å². The van der Waals surface area contributed by atoms with Crippen LogP contribution >= 0.6 is 11.3 Å². The predicted octanol–water partition coefficient (Wildman–Crippen LogP) is 28.5. The molecular weight excluding hydrogens is 1520 g/mol. The molecule has 13 nitrogen and oxygen atoms in total. The van der Waals surface area contributed by atoms with Crippen LogP contribution in [0.15, 0.2) is 197 Å². The minimum absolute atomic E-state index is 0.138. The monoisotopic (exact) mass is 1640 g/mol. The van der Waals surface area contributed by atoms with Gasteiger partial charge in [0.2, 0.25) is 0 Å². The van der Waals surface area contributed by atoms with E-state index < -0.39 is 11.5 Å². The van der Waals surface area contributed by atoms with Crippen LogP contribution in [-0.4, -0.2) is 78.2 Å². The third kappa shape index (κ3) is 21.5. The molecule has 0 radical (unpaired) electrons. The Hall–Kier alpha value is -10.6. The van der Waals surface area contributed by atoms with Crippen molar-refractivity contribution in [3.8, 4) is 73.1 Å². The van der Waals surface area contributed by atoms with Crippen LogP contribution in [0.25, 0.3) is 73.1 Å². The second-order valence-corrected chi connectivity index (χ2v) is 34.6. The van der Waals surface area contributed by atoms with E-state index in [0.29, 0.717) is 79.8 Å². The summed E-state index contributed by atoms with van der Waals surface area (Å²) in [7, 11) is 0. The normalized spacial score (nSPS) is 15.5. The summed E-state index contributed by atoms with van der Waals surface area (Å²) in [6, 6.07) is 64.5. The second-order valence-electron chi connectivity index (χ2n) is 33.5. The lowest BCUT2D eigenvalue weighted by atomic mass is 9.92. The van der Waals surface area contributed by atoms with E-state index >= 15 is 9.59 Å². The number of benzene rings is 7. The molecule has 14 heteroatoms. The molecule has 634 valence electrons. The van der Waals surface area contributed by atoms with Gasteiger partial charge in [-0.25, -0.2) is 4.79 Å². The van der Waals surface area contributed by atoms with Crippen LogP contribution < -0.4 is 23.8 Å². The van der Waals surface area contributed by atoms with Crippen molar-refractivity contribution in [2.45, 2.75) is 241 Å². The smallest absolute Gasteiger partial charge is 0.346 e. The van der Waals surface area contributed by atoms with E-state index in [2.05, 4.69) is 206 Å². The molecule has 1 aliphatic carbocycles. The third-order valence-corrected chi connectivity index (χ3v) is 26.1. The topological polar surface area (TPSA) is 155 Å². The predicted molar refractivity (Wildman–Crippen MR) is 497 cm³/mol. The maximum atomic E-state index is 15.8. The van der Waals surface area contributed by atoms with Crippen molar-refractivity contribution in [3.63, 3.8) is 0 Å². The molecule has 3 aliphatic heterocycles. The maximum absolute atomic E-state index is 15.8. The average Bonchev–Trinajstić information content (AvgIpc) is 1.55. The molecule has 4 aliphatic rings. The van der Waals surface area contributed by atoms with E-state index in [0.717, 1.165) is 216 Å². The van der Waals surface area contributed by atoms with Crippen molar-refractivity contribution in [2.75, 3.05) is 44.4 Å². The molecule has 4 unspecified atom stereocenters.